The number of aldehydes is 1. The highest BCUT2D eigenvalue weighted by Crippen LogP contribution is 2.66. The molecule has 39 heavy (non-hydrogen) atoms. The van der Waals surface area contributed by atoms with E-state index in [0.29, 0.717) is 23.3 Å². The lowest BCUT2D eigenvalue weighted by Gasteiger charge is -2.57. The first-order valence-electron chi connectivity index (χ1n) is 14.5. The minimum Gasteiger partial charge on any atom is -0.458 e. The van der Waals surface area contributed by atoms with E-state index < -0.39 is 0 Å². The molecular formula is C34H36N2O3. The zero-order valence-corrected chi connectivity index (χ0v) is 22.8. The lowest BCUT2D eigenvalue weighted by Crippen LogP contribution is -2.50. The third kappa shape index (κ3) is 3.69. The van der Waals surface area contributed by atoms with Crippen LogP contribution in [0, 0.1) is 28.6 Å². The highest BCUT2D eigenvalue weighted by Gasteiger charge is 2.58. The molecule has 2 fully saturated rings. The molecule has 2 aromatic carbocycles. The molecule has 6 atom stereocenters. The van der Waals surface area contributed by atoms with Crippen molar-refractivity contribution in [1.29, 1.82) is 0 Å². The Morgan fingerprint density at radius 2 is 1.74 bits per heavy atom. The lowest BCUT2D eigenvalue weighted by molar-refractivity contribution is -0.105. The number of benzene rings is 2. The highest BCUT2D eigenvalue weighted by atomic mass is 16.5. The molecule has 3 aromatic rings. The molecule has 5 heteroatoms. The van der Waals surface area contributed by atoms with Gasteiger partial charge in [-0.25, -0.2) is 9.78 Å². The van der Waals surface area contributed by atoms with Crippen LogP contribution in [0.2, 0.25) is 0 Å². The number of rotatable bonds is 4. The van der Waals surface area contributed by atoms with Gasteiger partial charge < -0.3 is 9.30 Å². The molecule has 200 valence electrons. The van der Waals surface area contributed by atoms with Crippen LogP contribution in [0.25, 0.3) is 16.7 Å². The van der Waals surface area contributed by atoms with Crippen molar-refractivity contribution in [3.8, 4) is 0 Å². The van der Waals surface area contributed by atoms with Crippen molar-refractivity contribution in [2.75, 3.05) is 0 Å². The second-order valence-electron chi connectivity index (χ2n) is 12.7. The van der Waals surface area contributed by atoms with E-state index in [4.69, 9.17) is 4.74 Å². The van der Waals surface area contributed by atoms with Crippen LogP contribution >= 0.6 is 0 Å². The summed E-state index contributed by atoms with van der Waals surface area (Å²) < 4.78 is 8.18. The Labute approximate surface area is 230 Å². The molecule has 5 nitrogen and oxygen atoms in total. The van der Waals surface area contributed by atoms with Gasteiger partial charge in [0.25, 0.3) is 0 Å². The first kappa shape index (κ1) is 24.6. The maximum atomic E-state index is 12.7. The quantitative estimate of drug-likeness (QED) is 0.207. The number of esters is 1. The summed E-state index contributed by atoms with van der Waals surface area (Å²) in [5.74, 6) is 1.36. The molecule has 0 N–H and O–H groups in total. The van der Waals surface area contributed by atoms with Crippen LogP contribution in [-0.4, -0.2) is 27.9 Å². The van der Waals surface area contributed by atoms with E-state index in [1.54, 1.807) is 0 Å². The molecule has 0 unspecified atom stereocenters. The molecule has 4 aliphatic carbocycles. The van der Waals surface area contributed by atoms with E-state index in [9.17, 15) is 9.59 Å². The maximum absolute atomic E-state index is 12.7. The molecule has 0 aliphatic heterocycles. The van der Waals surface area contributed by atoms with Crippen LogP contribution in [-0.2, 0) is 9.53 Å². The number of fused-ring (bicyclic) bond motifs is 6. The van der Waals surface area contributed by atoms with Crippen molar-refractivity contribution >= 4 is 29.0 Å². The second kappa shape index (κ2) is 9.04. The second-order valence-corrected chi connectivity index (χ2v) is 12.7. The van der Waals surface area contributed by atoms with Gasteiger partial charge >= 0.3 is 5.97 Å². The molecule has 1 heterocycles. The predicted octanol–water partition coefficient (Wildman–Crippen LogP) is 7.24. The lowest BCUT2D eigenvalue weighted by atomic mass is 9.47. The Morgan fingerprint density at radius 1 is 0.974 bits per heavy atom. The maximum Gasteiger partial charge on any atom is 0.338 e. The number of allylic oxidation sites excluding steroid dienone is 3. The topological polar surface area (TPSA) is 61.2 Å². The number of hydrogen-bond donors (Lipinski definition) is 0. The van der Waals surface area contributed by atoms with Crippen LogP contribution < -0.4 is 0 Å². The molecule has 1 aromatic heterocycles. The average Bonchev–Trinajstić information content (AvgIpc) is 3.51. The molecule has 4 aliphatic rings. The van der Waals surface area contributed by atoms with Gasteiger partial charge in [0.2, 0.25) is 0 Å². The molecule has 7 rings (SSSR count). The molecule has 0 radical (unpaired) electrons. The van der Waals surface area contributed by atoms with E-state index in [1.807, 2.05) is 48.8 Å². The zero-order chi connectivity index (χ0) is 26.8. The van der Waals surface area contributed by atoms with Crippen molar-refractivity contribution in [3.63, 3.8) is 0 Å². The van der Waals surface area contributed by atoms with Crippen LogP contribution in [0.15, 0.2) is 78.1 Å². The van der Waals surface area contributed by atoms with E-state index in [2.05, 4.69) is 41.6 Å². The first-order valence-corrected chi connectivity index (χ1v) is 14.5. The number of carbonyl (C=O) groups excluding carboxylic acids is 2. The summed E-state index contributed by atoms with van der Waals surface area (Å²) in [5.41, 5.74) is 6.35. The van der Waals surface area contributed by atoms with Gasteiger partial charge in [-0.2, -0.15) is 0 Å². The fourth-order valence-electron chi connectivity index (χ4n) is 8.88. The summed E-state index contributed by atoms with van der Waals surface area (Å²) in [5, 5.41) is 0. The third-order valence-electron chi connectivity index (χ3n) is 10.9. The Hall–Kier alpha value is -3.47. The van der Waals surface area contributed by atoms with Crippen molar-refractivity contribution in [3.05, 3.63) is 83.7 Å². The van der Waals surface area contributed by atoms with Gasteiger partial charge in [-0.1, -0.05) is 55.8 Å². The van der Waals surface area contributed by atoms with E-state index in [-0.39, 0.29) is 22.9 Å². The van der Waals surface area contributed by atoms with Gasteiger partial charge in [-0.3, -0.25) is 4.79 Å². The summed E-state index contributed by atoms with van der Waals surface area (Å²) in [6, 6.07) is 17.5. The fourth-order valence-corrected chi connectivity index (χ4v) is 8.88. The summed E-state index contributed by atoms with van der Waals surface area (Å²) >= 11 is 0. The normalized spacial score (nSPS) is 33.6. The minimum atomic E-state index is -0.218. The monoisotopic (exact) mass is 520 g/mol. The Balaban J connectivity index is 1.15. The van der Waals surface area contributed by atoms with Crippen LogP contribution in [0.1, 0.15) is 69.2 Å². The molecule has 0 bridgehead atoms. The predicted molar refractivity (Wildman–Crippen MR) is 152 cm³/mol. The molecular weight excluding hydrogens is 484 g/mol. The minimum absolute atomic E-state index is 0.0506. The Bertz CT molecular complexity index is 1520. The van der Waals surface area contributed by atoms with Crippen molar-refractivity contribution in [2.24, 2.45) is 28.6 Å². The van der Waals surface area contributed by atoms with Gasteiger partial charge in [-0.15, -0.1) is 0 Å². The summed E-state index contributed by atoms with van der Waals surface area (Å²) in [6.07, 6.45) is 12.4. The third-order valence-corrected chi connectivity index (χ3v) is 10.9. The first-order chi connectivity index (χ1) is 18.9. The van der Waals surface area contributed by atoms with Crippen LogP contribution in [0.4, 0.5) is 0 Å². The molecule has 0 saturated heterocycles. The largest absolute Gasteiger partial charge is 0.458 e. The van der Waals surface area contributed by atoms with Crippen LogP contribution in [0.5, 0.6) is 0 Å². The van der Waals surface area contributed by atoms with Gasteiger partial charge in [0.15, 0.2) is 0 Å². The number of hydrogen-bond acceptors (Lipinski definition) is 4. The fraction of sp³-hybridized carbons (Fsp3) is 0.441. The Morgan fingerprint density at radius 3 is 2.56 bits per heavy atom. The highest BCUT2D eigenvalue weighted by molar-refractivity contribution is 5.90. The van der Waals surface area contributed by atoms with Gasteiger partial charge in [0, 0.05) is 23.1 Å². The van der Waals surface area contributed by atoms with Crippen LogP contribution in [0.3, 0.4) is 0 Å². The van der Waals surface area contributed by atoms with Crippen molar-refractivity contribution in [2.45, 2.75) is 64.9 Å². The number of imidazole rings is 1. The number of carbonyl (C=O) groups is 2. The zero-order valence-electron chi connectivity index (χ0n) is 22.8. The SMILES string of the molecule is C[C@]12CC[C@H](OC(=O)c3ccccc3)CC1=CC[C@@H]1[C@@H]2CC[C@]2(C)C(n3cnc4ccccc43)=C(C=O)C[C@@H]12. The molecule has 0 amide bonds. The van der Waals surface area contributed by atoms with E-state index in [0.717, 1.165) is 67.8 Å². The molecule has 0 spiro atoms. The number of nitrogens with zero attached hydrogens (tertiary/aromatic N) is 2. The summed E-state index contributed by atoms with van der Waals surface area (Å²) in [6.45, 7) is 4.86. The standard InChI is InChI=1S/C34H36N2O3/c1-33-16-14-25(39-32(38)22-8-4-3-5-9-22)19-24(33)12-13-26-27(33)15-17-34(2)28(26)18-23(20-37)31(34)36-21-35-29-10-6-7-11-30(29)36/h3-12,20-21,25-28H,13-19H2,1-2H3/t25-,26+,27-,28-,33-,34-/m0/s1. The smallest absolute Gasteiger partial charge is 0.338 e. The summed E-state index contributed by atoms with van der Waals surface area (Å²) in [4.78, 5) is 29.9. The van der Waals surface area contributed by atoms with Gasteiger partial charge in [-0.05, 0) is 86.0 Å². The Kier molecular flexibility index (Phi) is 5.69. The summed E-state index contributed by atoms with van der Waals surface area (Å²) in [7, 11) is 0. The van der Waals surface area contributed by atoms with Crippen molar-refractivity contribution in [1.82, 2.24) is 9.55 Å². The van der Waals surface area contributed by atoms with Gasteiger partial charge in [0.1, 0.15) is 18.7 Å². The average molecular weight is 521 g/mol. The number of para-hydroxylation sites is 2. The number of ether oxygens (including phenoxy) is 1. The van der Waals surface area contributed by atoms with E-state index in [1.165, 1.54) is 11.3 Å². The van der Waals surface area contributed by atoms with Crippen molar-refractivity contribution < 1.29 is 14.3 Å². The van der Waals surface area contributed by atoms with Gasteiger partial charge in [0.05, 0.1) is 16.6 Å². The van der Waals surface area contributed by atoms with E-state index >= 15 is 0 Å². The number of aromatic nitrogens is 2. The molecule has 2 saturated carbocycles.